The molecule has 7 nitrogen and oxygen atoms in total. The van der Waals surface area contributed by atoms with Crippen LogP contribution in [0.2, 0.25) is 0 Å². The number of benzene rings is 2. The second-order valence-corrected chi connectivity index (χ2v) is 10.2. The number of carbonyl (C=O) groups excluding carboxylic acids is 1. The predicted octanol–water partition coefficient (Wildman–Crippen LogP) is 5.49. The van der Waals surface area contributed by atoms with E-state index in [1.165, 1.54) is 16.1 Å². The SMILES string of the molecule is CC(C)(C)OC(=O)c1csc(-n2nc(-c3ccc(F)c(F)c3)c(Cc3cccc(SN)c3)c2O)n1. The van der Waals surface area contributed by atoms with Crippen molar-refractivity contribution in [3.8, 4) is 22.3 Å². The van der Waals surface area contributed by atoms with Crippen molar-refractivity contribution in [2.75, 3.05) is 0 Å². The van der Waals surface area contributed by atoms with E-state index in [9.17, 15) is 18.7 Å². The molecule has 0 aliphatic heterocycles. The largest absolute Gasteiger partial charge is 0.493 e. The van der Waals surface area contributed by atoms with Crippen molar-refractivity contribution in [3.05, 3.63) is 76.3 Å². The molecule has 0 amide bonds. The van der Waals surface area contributed by atoms with E-state index >= 15 is 0 Å². The Morgan fingerprint density at radius 2 is 1.97 bits per heavy atom. The molecule has 35 heavy (non-hydrogen) atoms. The van der Waals surface area contributed by atoms with Gasteiger partial charge in [-0.3, -0.25) is 5.14 Å². The summed E-state index contributed by atoms with van der Waals surface area (Å²) in [6.45, 7) is 5.24. The number of carbonyl (C=O) groups is 1. The minimum atomic E-state index is -1.04. The first kappa shape index (κ1) is 24.8. The number of aromatic hydroxyl groups is 1. The van der Waals surface area contributed by atoms with Crippen molar-refractivity contribution in [3.63, 3.8) is 0 Å². The van der Waals surface area contributed by atoms with Crippen molar-refractivity contribution < 1.29 is 23.4 Å². The fourth-order valence-electron chi connectivity index (χ4n) is 3.33. The predicted molar refractivity (Wildman–Crippen MR) is 131 cm³/mol. The number of hydrogen-bond acceptors (Lipinski definition) is 8. The van der Waals surface area contributed by atoms with Crippen LogP contribution in [0.3, 0.4) is 0 Å². The number of rotatable bonds is 6. The molecule has 4 aromatic rings. The summed E-state index contributed by atoms with van der Waals surface area (Å²) < 4.78 is 34.1. The highest BCUT2D eigenvalue weighted by molar-refractivity contribution is 7.97. The van der Waals surface area contributed by atoms with Gasteiger partial charge in [0.25, 0.3) is 0 Å². The lowest BCUT2D eigenvalue weighted by atomic mass is 10.0. The van der Waals surface area contributed by atoms with Gasteiger partial charge in [0.05, 0.1) is 0 Å². The molecular formula is C24H22F2N4O3S2. The number of aromatic nitrogens is 3. The molecule has 0 saturated carbocycles. The third-order valence-corrected chi connectivity index (χ3v) is 6.19. The Morgan fingerprint density at radius 1 is 1.20 bits per heavy atom. The van der Waals surface area contributed by atoms with Gasteiger partial charge in [0.15, 0.2) is 17.3 Å². The van der Waals surface area contributed by atoms with Crippen molar-refractivity contribution in [1.82, 2.24) is 14.8 Å². The smallest absolute Gasteiger partial charge is 0.358 e. The van der Waals surface area contributed by atoms with Crippen molar-refractivity contribution in [1.29, 1.82) is 0 Å². The topological polar surface area (TPSA) is 103 Å². The van der Waals surface area contributed by atoms with Gasteiger partial charge in [-0.2, -0.15) is 9.78 Å². The zero-order valence-electron chi connectivity index (χ0n) is 19.1. The zero-order chi connectivity index (χ0) is 25.3. The zero-order valence-corrected chi connectivity index (χ0v) is 20.7. The fraction of sp³-hybridized carbons (Fsp3) is 0.208. The van der Waals surface area contributed by atoms with Crippen LogP contribution >= 0.6 is 23.3 Å². The highest BCUT2D eigenvalue weighted by Crippen LogP contribution is 2.35. The summed E-state index contributed by atoms with van der Waals surface area (Å²) >= 11 is 2.17. The van der Waals surface area contributed by atoms with E-state index in [1.807, 2.05) is 24.3 Å². The summed E-state index contributed by atoms with van der Waals surface area (Å²) in [6.07, 6.45) is 0.235. The standard InChI is InChI=1S/C24H22F2N4O3S2/c1-24(2,3)33-22(32)19-12-34-23(28-19)30-21(31)16(10-13-5-4-6-15(9-13)35-27)20(29-30)14-7-8-17(25)18(26)11-14/h4-9,11-12,31H,10,27H2,1-3H3. The molecule has 0 spiro atoms. The van der Waals surface area contributed by atoms with Gasteiger partial charge in [-0.25, -0.2) is 18.6 Å². The molecule has 0 aliphatic carbocycles. The lowest BCUT2D eigenvalue weighted by Crippen LogP contribution is -2.24. The van der Waals surface area contributed by atoms with Gasteiger partial charge in [0.1, 0.15) is 11.3 Å². The lowest BCUT2D eigenvalue weighted by molar-refractivity contribution is 0.00636. The molecule has 0 bridgehead atoms. The highest BCUT2D eigenvalue weighted by atomic mass is 32.2. The Hall–Kier alpha value is -3.28. The number of nitrogens with two attached hydrogens (primary N) is 1. The van der Waals surface area contributed by atoms with Crippen LogP contribution in [-0.4, -0.2) is 31.4 Å². The van der Waals surface area contributed by atoms with Crippen LogP contribution in [0.15, 0.2) is 52.7 Å². The number of ether oxygens (including phenoxy) is 1. The van der Waals surface area contributed by atoms with Crippen LogP contribution in [0.4, 0.5) is 8.78 Å². The number of halogens is 2. The van der Waals surface area contributed by atoms with E-state index in [4.69, 9.17) is 9.88 Å². The van der Waals surface area contributed by atoms with Gasteiger partial charge >= 0.3 is 5.97 Å². The summed E-state index contributed by atoms with van der Waals surface area (Å²) in [4.78, 5) is 17.5. The van der Waals surface area contributed by atoms with Gasteiger partial charge in [-0.15, -0.1) is 11.3 Å². The van der Waals surface area contributed by atoms with E-state index in [0.717, 1.165) is 45.9 Å². The Balaban J connectivity index is 1.79. The number of nitrogens with zero attached hydrogens (tertiary/aromatic N) is 3. The molecule has 0 unspecified atom stereocenters. The fourth-order valence-corrected chi connectivity index (χ4v) is 4.45. The highest BCUT2D eigenvalue weighted by Gasteiger charge is 2.25. The molecular weight excluding hydrogens is 494 g/mol. The molecule has 0 aliphatic rings. The summed E-state index contributed by atoms with van der Waals surface area (Å²) in [5.74, 6) is -2.87. The molecule has 0 saturated heterocycles. The summed E-state index contributed by atoms with van der Waals surface area (Å²) in [5, 5.41) is 23.0. The third kappa shape index (κ3) is 5.53. The number of esters is 1. The van der Waals surface area contributed by atoms with Crippen molar-refractivity contribution in [2.45, 2.75) is 37.7 Å². The van der Waals surface area contributed by atoms with Gasteiger partial charge in [0, 0.05) is 27.8 Å². The maximum absolute atomic E-state index is 14.0. The van der Waals surface area contributed by atoms with Crippen LogP contribution in [0, 0.1) is 11.6 Å². The molecule has 182 valence electrons. The van der Waals surface area contributed by atoms with Gasteiger partial charge in [-0.1, -0.05) is 12.1 Å². The Morgan fingerprint density at radius 3 is 2.66 bits per heavy atom. The summed E-state index contributed by atoms with van der Waals surface area (Å²) in [7, 11) is 0. The first-order valence-electron chi connectivity index (χ1n) is 10.5. The molecule has 4 rings (SSSR count). The normalized spacial score (nSPS) is 11.6. The maximum atomic E-state index is 14.0. The van der Waals surface area contributed by atoms with Crippen molar-refractivity contribution in [2.24, 2.45) is 5.14 Å². The number of thiazole rings is 1. The van der Waals surface area contributed by atoms with Crippen molar-refractivity contribution >= 4 is 29.3 Å². The van der Waals surface area contributed by atoms with Crippen LogP contribution in [0.25, 0.3) is 16.4 Å². The molecule has 0 fully saturated rings. The van der Waals surface area contributed by atoms with Gasteiger partial charge < -0.3 is 9.84 Å². The second kappa shape index (κ2) is 9.76. The lowest BCUT2D eigenvalue weighted by Gasteiger charge is -2.18. The van der Waals surface area contributed by atoms with Gasteiger partial charge in [-0.05, 0) is 68.6 Å². The molecule has 11 heteroatoms. The second-order valence-electron chi connectivity index (χ2n) is 8.65. The van der Waals surface area contributed by atoms with Crippen LogP contribution < -0.4 is 5.14 Å². The van der Waals surface area contributed by atoms with E-state index in [1.54, 1.807) is 20.8 Å². The summed E-state index contributed by atoms with van der Waals surface area (Å²) in [5.41, 5.74) is 1.11. The monoisotopic (exact) mass is 516 g/mol. The molecule has 0 atom stereocenters. The van der Waals surface area contributed by atoms with Crippen LogP contribution in [-0.2, 0) is 11.2 Å². The van der Waals surface area contributed by atoms with E-state index in [0.29, 0.717) is 5.56 Å². The molecule has 3 N–H and O–H groups in total. The Bertz CT molecular complexity index is 1400. The maximum Gasteiger partial charge on any atom is 0.358 e. The third-order valence-electron chi connectivity index (χ3n) is 4.85. The minimum Gasteiger partial charge on any atom is -0.493 e. The molecule has 2 heterocycles. The molecule has 0 radical (unpaired) electrons. The van der Waals surface area contributed by atoms with E-state index in [2.05, 4.69) is 10.1 Å². The van der Waals surface area contributed by atoms with E-state index in [-0.39, 0.29) is 34.4 Å². The summed E-state index contributed by atoms with van der Waals surface area (Å²) in [6, 6.07) is 10.8. The minimum absolute atomic E-state index is 0.0680. The average molecular weight is 517 g/mol. The van der Waals surface area contributed by atoms with Gasteiger partial charge in [0.2, 0.25) is 11.0 Å². The quantitative estimate of drug-likeness (QED) is 0.258. The first-order chi connectivity index (χ1) is 16.6. The Labute approximate surface area is 208 Å². The molecule has 2 aromatic heterocycles. The molecule has 2 aromatic carbocycles. The Kier molecular flexibility index (Phi) is 6.93. The van der Waals surface area contributed by atoms with Crippen LogP contribution in [0.5, 0.6) is 5.88 Å². The average Bonchev–Trinajstić information content (AvgIpc) is 3.40. The first-order valence-corrected chi connectivity index (χ1v) is 12.2. The van der Waals surface area contributed by atoms with Crippen LogP contribution in [0.1, 0.15) is 42.4 Å². The number of hydrogen-bond donors (Lipinski definition) is 2. The van der Waals surface area contributed by atoms with E-state index < -0.39 is 23.2 Å².